The molecule has 116 valence electrons. The highest BCUT2D eigenvalue weighted by atomic mass is 16.7. The second-order valence-electron chi connectivity index (χ2n) is 6.26. The normalized spacial score (nSPS) is 19.8. The van der Waals surface area contributed by atoms with E-state index in [4.69, 9.17) is 9.31 Å². The van der Waals surface area contributed by atoms with E-state index in [1.807, 2.05) is 41.5 Å². The Morgan fingerprint density at radius 2 is 1.76 bits per heavy atom. The first-order valence-electron chi connectivity index (χ1n) is 7.41. The van der Waals surface area contributed by atoms with Gasteiger partial charge in [-0.25, -0.2) is 4.79 Å². The quantitative estimate of drug-likeness (QED) is 0.792. The van der Waals surface area contributed by atoms with E-state index in [-0.39, 0.29) is 6.03 Å². The van der Waals surface area contributed by atoms with Crippen molar-refractivity contribution in [3.63, 3.8) is 0 Å². The van der Waals surface area contributed by atoms with Crippen LogP contribution in [0.3, 0.4) is 0 Å². The molecule has 0 atom stereocenters. The Labute approximate surface area is 126 Å². The largest absolute Gasteiger partial charge is 0.498 e. The number of hydrogen-bond acceptors (Lipinski definition) is 4. The van der Waals surface area contributed by atoms with E-state index >= 15 is 0 Å². The van der Waals surface area contributed by atoms with Crippen molar-refractivity contribution < 1.29 is 14.1 Å². The van der Waals surface area contributed by atoms with Crippen molar-refractivity contribution >= 4 is 18.6 Å². The van der Waals surface area contributed by atoms with Crippen LogP contribution in [0.1, 0.15) is 41.5 Å². The van der Waals surface area contributed by atoms with Crippen LogP contribution in [0.15, 0.2) is 12.4 Å². The lowest BCUT2D eigenvalue weighted by Gasteiger charge is -2.32. The van der Waals surface area contributed by atoms with E-state index in [0.717, 1.165) is 5.46 Å². The van der Waals surface area contributed by atoms with Crippen molar-refractivity contribution in [2.45, 2.75) is 52.7 Å². The van der Waals surface area contributed by atoms with Crippen LogP contribution in [0, 0.1) is 0 Å². The fraction of sp³-hybridized carbons (Fsp3) is 0.714. The summed E-state index contributed by atoms with van der Waals surface area (Å²) >= 11 is 0. The molecule has 0 N–H and O–H groups in total. The highest BCUT2D eigenvalue weighted by Gasteiger charge is 2.52. The van der Waals surface area contributed by atoms with Crippen molar-refractivity contribution in [3.8, 4) is 0 Å². The summed E-state index contributed by atoms with van der Waals surface area (Å²) in [6.07, 6.45) is 3.31. The van der Waals surface area contributed by atoms with E-state index in [0.29, 0.717) is 13.1 Å². The molecule has 1 aliphatic heterocycles. The lowest BCUT2D eigenvalue weighted by Crippen LogP contribution is -2.41. The molecule has 0 bridgehead atoms. The number of rotatable bonds is 3. The summed E-state index contributed by atoms with van der Waals surface area (Å²) in [6, 6.07) is -0.136. The zero-order valence-electron chi connectivity index (χ0n) is 13.7. The van der Waals surface area contributed by atoms with Crippen LogP contribution in [-0.4, -0.2) is 52.1 Å². The monoisotopic (exact) mass is 293 g/mol. The molecule has 0 saturated carbocycles. The van der Waals surface area contributed by atoms with Gasteiger partial charge in [-0.3, -0.25) is 0 Å². The van der Waals surface area contributed by atoms with Crippen molar-refractivity contribution in [3.05, 3.63) is 12.4 Å². The first kappa shape index (κ1) is 16.0. The number of carbonyl (C=O) groups excluding carboxylic acids is 1. The molecule has 2 rings (SSSR count). The Morgan fingerprint density at radius 3 is 2.24 bits per heavy atom. The van der Waals surface area contributed by atoms with Gasteiger partial charge < -0.3 is 14.2 Å². The highest BCUT2D eigenvalue weighted by Crippen LogP contribution is 2.36. The molecule has 0 spiro atoms. The van der Waals surface area contributed by atoms with Gasteiger partial charge in [-0.1, -0.05) is 0 Å². The van der Waals surface area contributed by atoms with E-state index in [2.05, 4.69) is 5.10 Å². The highest BCUT2D eigenvalue weighted by molar-refractivity contribution is 6.62. The molecule has 0 aromatic carbocycles. The van der Waals surface area contributed by atoms with Crippen LogP contribution in [-0.2, 0) is 9.31 Å². The van der Waals surface area contributed by atoms with Gasteiger partial charge >= 0.3 is 13.1 Å². The van der Waals surface area contributed by atoms with Gasteiger partial charge in [0.1, 0.15) is 0 Å². The fourth-order valence-electron chi connectivity index (χ4n) is 2.18. The van der Waals surface area contributed by atoms with Gasteiger partial charge in [0.15, 0.2) is 0 Å². The van der Waals surface area contributed by atoms with Crippen LogP contribution in [0.4, 0.5) is 4.79 Å². The minimum Gasteiger partial charge on any atom is -0.399 e. The average molecular weight is 293 g/mol. The summed E-state index contributed by atoms with van der Waals surface area (Å²) < 4.78 is 13.3. The topological polar surface area (TPSA) is 56.6 Å². The molecule has 1 aromatic heterocycles. The second-order valence-corrected chi connectivity index (χ2v) is 6.26. The molecule has 1 aromatic rings. The minimum absolute atomic E-state index is 0.136. The molecule has 0 radical (unpaired) electrons. The summed E-state index contributed by atoms with van der Waals surface area (Å²) in [4.78, 5) is 13.9. The third-order valence-electron chi connectivity index (χ3n) is 4.36. The molecule has 1 fully saturated rings. The maximum atomic E-state index is 12.2. The summed E-state index contributed by atoms with van der Waals surface area (Å²) in [5, 5.41) is 4.14. The van der Waals surface area contributed by atoms with Gasteiger partial charge in [0.25, 0.3) is 0 Å². The number of aromatic nitrogens is 2. The standard InChI is InChI=1S/C14H24BN3O3/c1-7-17(8-2)12(19)18-10-11(9-16-18)15-20-13(3,4)14(5,6)21-15/h9-10H,7-8H2,1-6H3. The molecular formula is C14H24BN3O3. The Bertz CT molecular complexity index is 507. The smallest absolute Gasteiger partial charge is 0.399 e. The number of nitrogens with zero attached hydrogens (tertiary/aromatic N) is 3. The number of carbonyl (C=O) groups is 1. The molecule has 21 heavy (non-hydrogen) atoms. The number of hydrogen-bond donors (Lipinski definition) is 0. The van der Waals surface area contributed by atoms with Gasteiger partial charge in [0, 0.05) is 30.9 Å². The van der Waals surface area contributed by atoms with Crippen LogP contribution in [0.5, 0.6) is 0 Å². The Morgan fingerprint density at radius 1 is 1.24 bits per heavy atom. The predicted octanol–water partition coefficient (Wildman–Crippen LogP) is 1.49. The lowest BCUT2D eigenvalue weighted by molar-refractivity contribution is 0.00578. The Hall–Kier alpha value is -1.34. The summed E-state index contributed by atoms with van der Waals surface area (Å²) in [6.45, 7) is 13.2. The average Bonchev–Trinajstić information content (AvgIpc) is 2.94. The van der Waals surface area contributed by atoms with Crippen LogP contribution >= 0.6 is 0 Å². The third kappa shape index (κ3) is 2.85. The molecule has 6 nitrogen and oxygen atoms in total. The van der Waals surface area contributed by atoms with Gasteiger partial charge in [-0.05, 0) is 41.5 Å². The van der Waals surface area contributed by atoms with Crippen molar-refractivity contribution in [1.29, 1.82) is 0 Å². The maximum Gasteiger partial charge on any atom is 0.498 e. The van der Waals surface area contributed by atoms with Gasteiger partial charge in [0.2, 0.25) is 0 Å². The first-order valence-corrected chi connectivity index (χ1v) is 7.41. The van der Waals surface area contributed by atoms with Crippen molar-refractivity contribution in [2.75, 3.05) is 13.1 Å². The van der Waals surface area contributed by atoms with Crippen molar-refractivity contribution in [1.82, 2.24) is 14.7 Å². The van der Waals surface area contributed by atoms with E-state index in [1.54, 1.807) is 17.3 Å². The molecular weight excluding hydrogens is 269 g/mol. The maximum absolute atomic E-state index is 12.2. The SMILES string of the molecule is CCN(CC)C(=O)n1cc(B2OC(C)(C)C(C)(C)O2)cn1. The lowest BCUT2D eigenvalue weighted by atomic mass is 9.82. The summed E-state index contributed by atoms with van der Waals surface area (Å²) in [5.74, 6) is 0. The van der Waals surface area contributed by atoms with Crippen LogP contribution < -0.4 is 5.46 Å². The van der Waals surface area contributed by atoms with Crippen LogP contribution in [0.2, 0.25) is 0 Å². The van der Waals surface area contributed by atoms with E-state index in [1.165, 1.54) is 4.68 Å². The minimum atomic E-state index is -0.492. The molecule has 2 heterocycles. The van der Waals surface area contributed by atoms with Gasteiger partial charge in [-0.15, -0.1) is 0 Å². The first-order chi connectivity index (χ1) is 9.71. The predicted molar refractivity (Wildman–Crippen MR) is 81.7 cm³/mol. The summed E-state index contributed by atoms with van der Waals surface area (Å²) in [5.41, 5.74) is -0.0418. The molecule has 1 saturated heterocycles. The van der Waals surface area contributed by atoms with Gasteiger partial charge in [-0.2, -0.15) is 9.78 Å². The van der Waals surface area contributed by atoms with Crippen molar-refractivity contribution in [2.24, 2.45) is 0 Å². The van der Waals surface area contributed by atoms with Crippen LogP contribution in [0.25, 0.3) is 0 Å². The second kappa shape index (κ2) is 5.46. The molecule has 0 aliphatic carbocycles. The van der Waals surface area contributed by atoms with E-state index < -0.39 is 18.3 Å². The molecule has 1 aliphatic rings. The zero-order valence-corrected chi connectivity index (χ0v) is 13.7. The Balaban J connectivity index is 2.17. The fourth-order valence-corrected chi connectivity index (χ4v) is 2.18. The van der Waals surface area contributed by atoms with E-state index in [9.17, 15) is 4.79 Å². The van der Waals surface area contributed by atoms with Gasteiger partial charge in [0.05, 0.1) is 11.2 Å². The third-order valence-corrected chi connectivity index (χ3v) is 4.36. The zero-order chi connectivity index (χ0) is 15.8. The molecule has 0 unspecified atom stereocenters. The summed E-state index contributed by atoms with van der Waals surface area (Å²) in [7, 11) is -0.492. The molecule has 7 heteroatoms. The number of amides is 1. The molecule has 1 amide bonds. The Kier molecular flexibility index (Phi) is 4.17.